The van der Waals surface area contributed by atoms with E-state index in [4.69, 9.17) is 4.74 Å². The Morgan fingerprint density at radius 3 is 2.18 bits per heavy atom. The molecule has 0 spiro atoms. The van der Waals surface area contributed by atoms with Gasteiger partial charge in [-0.25, -0.2) is 4.79 Å². The fourth-order valence-corrected chi connectivity index (χ4v) is 2.34. The molecule has 0 aliphatic heterocycles. The third-order valence-corrected chi connectivity index (χ3v) is 3.68. The van der Waals surface area contributed by atoms with E-state index >= 15 is 0 Å². The van der Waals surface area contributed by atoms with Gasteiger partial charge >= 0.3 is 5.97 Å². The second kappa shape index (κ2) is 10.9. The van der Waals surface area contributed by atoms with Crippen molar-refractivity contribution in [3.8, 4) is 11.5 Å². The van der Waals surface area contributed by atoms with Crippen molar-refractivity contribution < 1.29 is 19.7 Å². The number of aromatic hydroxyl groups is 2. The van der Waals surface area contributed by atoms with Crippen LogP contribution >= 0.6 is 0 Å². The number of rotatable bonds is 11. The van der Waals surface area contributed by atoms with Crippen LogP contribution in [0.15, 0.2) is 18.2 Å². The largest absolute Gasteiger partial charge is 0.508 e. The van der Waals surface area contributed by atoms with Crippen LogP contribution in [0.3, 0.4) is 0 Å². The van der Waals surface area contributed by atoms with Gasteiger partial charge in [0.25, 0.3) is 0 Å². The maximum atomic E-state index is 11.8. The summed E-state index contributed by atoms with van der Waals surface area (Å²) in [7, 11) is 0. The lowest BCUT2D eigenvalue weighted by Gasteiger charge is -2.07. The number of carbonyl (C=O) groups excluding carboxylic acids is 1. The maximum Gasteiger partial charge on any atom is 0.342 e. The minimum absolute atomic E-state index is 0.0101. The normalized spacial score (nSPS) is 10.6. The van der Waals surface area contributed by atoms with Crippen molar-refractivity contribution >= 4 is 5.97 Å². The smallest absolute Gasteiger partial charge is 0.342 e. The Balaban J connectivity index is 2.07. The topological polar surface area (TPSA) is 66.8 Å². The Morgan fingerprint density at radius 2 is 1.55 bits per heavy atom. The van der Waals surface area contributed by atoms with Gasteiger partial charge in [-0.05, 0) is 24.6 Å². The number of ether oxygens (including phenoxy) is 1. The Kier molecular flexibility index (Phi) is 9.12. The van der Waals surface area contributed by atoms with Crippen LogP contribution in [0.1, 0.15) is 75.1 Å². The van der Waals surface area contributed by atoms with Gasteiger partial charge < -0.3 is 14.9 Å². The third kappa shape index (κ3) is 7.34. The highest BCUT2D eigenvalue weighted by molar-refractivity contribution is 5.92. The summed E-state index contributed by atoms with van der Waals surface area (Å²) >= 11 is 0. The van der Waals surface area contributed by atoms with E-state index in [0.29, 0.717) is 6.61 Å². The zero-order valence-corrected chi connectivity index (χ0v) is 13.5. The first-order valence-electron chi connectivity index (χ1n) is 8.34. The van der Waals surface area contributed by atoms with E-state index < -0.39 is 5.97 Å². The van der Waals surface area contributed by atoms with Gasteiger partial charge in [-0.2, -0.15) is 0 Å². The molecule has 22 heavy (non-hydrogen) atoms. The zero-order chi connectivity index (χ0) is 16.2. The second-order valence-corrected chi connectivity index (χ2v) is 5.67. The molecular formula is C18H28O4. The predicted molar refractivity (Wildman–Crippen MR) is 87.3 cm³/mol. The van der Waals surface area contributed by atoms with Gasteiger partial charge in [0.05, 0.1) is 6.61 Å². The number of esters is 1. The molecule has 0 bridgehead atoms. The molecule has 4 heteroatoms. The van der Waals surface area contributed by atoms with Crippen molar-refractivity contribution in [2.75, 3.05) is 6.61 Å². The molecule has 1 aromatic carbocycles. The average Bonchev–Trinajstić information content (AvgIpc) is 2.51. The van der Waals surface area contributed by atoms with E-state index in [2.05, 4.69) is 6.92 Å². The third-order valence-electron chi connectivity index (χ3n) is 3.68. The zero-order valence-electron chi connectivity index (χ0n) is 13.5. The quantitative estimate of drug-likeness (QED) is 0.350. The molecule has 0 unspecified atom stereocenters. The molecule has 0 aliphatic carbocycles. The highest BCUT2D eigenvalue weighted by Crippen LogP contribution is 2.22. The average molecular weight is 308 g/mol. The summed E-state index contributed by atoms with van der Waals surface area (Å²) in [5.41, 5.74) is 0.0101. The van der Waals surface area contributed by atoms with Crippen LogP contribution in [-0.2, 0) is 4.74 Å². The Labute approximate surface area is 133 Å². The number of phenolic OH excluding ortho intramolecular Hbond substituents is 2. The monoisotopic (exact) mass is 308 g/mol. The van der Waals surface area contributed by atoms with E-state index in [1.54, 1.807) is 0 Å². The molecule has 0 heterocycles. The van der Waals surface area contributed by atoms with Gasteiger partial charge in [0, 0.05) is 0 Å². The minimum Gasteiger partial charge on any atom is -0.508 e. The molecule has 0 saturated carbocycles. The molecule has 124 valence electrons. The van der Waals surface area contributed by atoms with Gasteiger partial charge in [0.2, 0.25) is 0 Å². The molecule has 0 radical (unpaired) electrons. The first-order chi connectivity index (χ1) is 10.6. The van der Waals surface area contributed by atoms with Crippen LogP contribution in [-0.4, -0.2) is 22.8 Å². The molecule has 0 aliphatic rings. The SMILES string of the molecule is CCCCCCCCCCCOC(=O)c1cc(O)ccc1O. The van der Waals surface area contributed by atoms with Crippen LogP contribution in [0.5, 0.6) is 11.5 Å². The van der Waals surface area contributed by atoms with Crippen molar-refractivity contribution in [1.82, 2.24) is 0 Å². The fourth-order valence-electron chi connectivity index (χ4n) is 2.34. The number of hydrogen-bond acceptors (Lipinski definition) is 4. The number of hydrogen-bond donors (Lipinski definition) is 2. The first kappa shape index (κ1) is 18.3. The Morgan fingerprint density at radius 1 is 0.955 bits per heavy atom. The van der Waals surface area contributed by atoms with Crippen LogP contribution in [0.2, 0.25) is 0 Å². The lowest BCUT2D eigenvalue weighted by molar-refractivity contribution is 0.0494. The van der Waals surface area contributed by atoms with Crippen molar-refractivity contribution in [3.63, 3.8) is 0 Å². The highest BCUT2D eigenvalue weighted by Gasteiger charge is 2.13. The second-order valence-electron chi connectivity index (χ2n) is 5.67. The summed E-state index contributed by atoms with van der Waals surface area (Å²) in [6.07, 6.45) is 10.8. The van der Waals surface area contributed by atoms with Crippen LogP contribution in [0.25, 0.3) is 0 Å². The first-order valence-corrected chi connectivity index (χ1v) is 8.34. The van der Waals surface area contributed by atoms with Gasteiger partial charge in [-0.15, -0.1) is 0 Å². The predicted octanol–water partition coefficient (Wildman–Crippen LogP) is 4.79. The summed E-state index contributed by atoms with van der Waals surface area (Å²) in [6.45, 7) is 2.57. The van der Waals surface area contributed by atoms with E-state index in [-0.39, 0.29) is 17.1 Å². The van der Waals surface area contributed by atoms with Gasteiger partial charge in [-0.3, -0.25) is 0 Å². The van der Waals surface area contributed by atoms with Crippen molar-refractivity contribution in [1.29, 1.82) is 0 Å². The van der Waals surface area contributed by atoms with Gasteiger partial charge in [0.1, 0.15) is 17.1 Å². The number of unbranched alkanes of at least 4 members (excludes halogenated alkanes) is 8. The highest BCUT2D eigenvalue weighted by atomic mass is 16.5. The van der Waals surface area contributed by atoms with Gasteiger partial charge in [0.15, 0.2) is 0 Å². The fraction of sp³-hybridized carbons (Fsp3) is 0.611. The number of benzene rings is 1. The van der Waals surface area contributed by atoms with E-state index in [9.17, 15) is 15.0 Å². The lowest BCUT2D eigenvalue weighted by atomic mass is 10.1. The van der Waals surface area contributed by atoms with E-state index in [0.717, 1.165) is 12.8 Å². The van der Waals surface area contributed by atoms with Crippen LogP contribution in [0.4, 0.5) is 0 Å². The molecule has 1 rings (SSSR count). The molecule has 0 fully saturated rings. The van der Waals surface area contributed by atoms with E-state index in [1.807, 2.05) is 0 Å². The molecule has 1 aromatic rings. The molecule has 0 atom stereocenters. The number of carbonyl (C=O) groups is 1. The van der Waals surface area contributed by atoms with Crippen molar-refractivity contribution in [2.24, 2.45) is 0 Å². The molecule has 0 aromatic heterocycles. The van der Waals surface area contributed by atoms with Crippen molar-refractivity contribution in [2.45, 2.75) is 64.7 Å². The summed E-state index contributed by atoms with van der Waals surface area (Å²) < 4.78 is 5.11. The van der Waals surface area contributed by atoms with Gasteiger partial charge in [-0.1, -0.05) is 58.3 Å². The summed E-state index contributed by atoms with van der Waals surface area (Å²) in [5.74, 6) is -0.823. The maximum absolute atomic E-state index is 11.8. The Bertz CT molecular complexity index is 443. The summed E-state index contributed by atoms with van der Waals surface area (Å²) in [5, 5.41) is 18.9. The molecule has 4 nitrogen and oxygen atoms in total. The van der Waals surface area contributed by atoms with Crippen LogP contribution in [0, 0.1) is 0 Å². The molecule has 0 saturated heterocycles. The van der Waals surface area contributed by atoms with E-state index in [1.165, 1.54) is 63.1 Å². The Hall–Kier alpha value is -1.71. The molecule has 2 N–H and O–H groups in total. The van der Waals surface area contributed by atoms with Crippen LogP contribution < -0.4 is 0 Å². The summed E-state index contributed by atoms with van der Waals surface area (Å²) in [4.78, 5) is 11.8. The lowest BCUT2D eigenvalue weighted by Crippen LogP contribution is -2.06. The standard InChI is InChI=1S/C18H28O4/c1-2-3-4-5-6-7-8-9-10-13-22-18(21)16-14-15(19)11-12-17(16)20/h11-12,14,19-20H,2-10,13H2,1H3. The molecular weight excluding hydrogens is 280 g/mol. The summed E-state index contributed by atoms with van der Waals surface area (Å²) in [6, 6.07) is 3.82. The van der Waals surface area contributed by atoms with Crippen molar-refractivity contribution in [3.05, 3.63) is 23.8 Å². The number of phenols is 2. The minimum atomic E-state index is -0.590. The molecule has 0 amide bonds.